The van der Waals surface area contributed by atoms with Gasteiger partial charge in [-0.3, -0.25) is 4.79 Å². The van der Waals surface area contributed by atoms with E-state index in [4.69, 9.17) is 9.15 Å². The summed E-state index contributed by atoms with van der Waals surface area (Å²) in [6.07, 6.45) is 0.593. The van der Waals surface area contributed by atoms with Crippen molar-refractivity contribution in [3.05, 3.63) is 69.6 Å². The van der Waals surface area contributed by atoms with E-state index >= 15 is 0 Å². The summed E-state index contributed by atoms with van der Waals surface area (Å²) in [6, 6.07) is 10.7. The Bertz CT molecular complexity index is 1120. The van der Waals surface area contributed by atoms with Crippen LogP contribution in [0.4, 0.5) is 5.69 Å². The van der Waals surface area contributed by atoms with Crippen LogP contribution in [0.15, 0.2) is 51.7 Å². The molecular weight excluding hydrogens is 362 g/mol. The average Bonchev–Trinajstić information content (AvgIpc) is 2.64. The molecule has 2 N–H and O–H groups in total. The number of esters is 1. The number of aryl methyl sites for hydroxylation is 1. The maximum absolute atomic E-state index is 12.4. The molecule has 2 aromatic carbocycles. The van der Waals surface area contributed by atoms with E-state index in [0.29, 0.717) is 28.6 Å². The fourth-order valence-corrected chi connectivity index (χ4v) is 2.86. The molecule has 0 bridgehead atoms. The van der Waals surface area contributed by atoms with Gasteiger partial charge in [0, 0.05) is 35.7 Å². The molecule has 0 unspecified atom stereocenters. The van der Waals surface area contributed by atoms with E-state index in [1.54, 1.807) is 24.3 Å². The highest BCUT2D eigenvalue weighted by Gasteiger charge is 2.13. The monoisotopic (exact) mass is 381 g/mol. The van der Waals surface area contributed by atoms with Gasteiger partial charge in [-0.25, -0.2) is 9.59 Å². The van der Waals surface area contributed by atoms with E-state index in [9.17, 15) is 19.5 Å². The summed E-state index contributed by atoms with van der Waals surface area (Å²) in [5.74, 6) is -0.798. The summed E-state index contributed by atoms with van der Waals surface area (Å²) in [5, 5.41) is 13.2. The molecule has 7 nitrogen and oxygen atoms in total. The Kier molecular flexibility index (Phi) is 5.44. The fraction of sp³-hybridized carbons (Fsp3) is 0.190. The van der Waals surface area contributed by atoms with Gasteiger partial charge in [0.05, 0.1) is 5.56 Å². The first-order valence-electron chi connectivity index (χ1n) is 8.70. The highest BCUT2D eigenvalue weighted by Crippen LogP contribution is 2.27. The molecule has 1 heterocycles. The normalized spacial score (nSPS) is 10.6. The highest BCUT2D eigenvalue weighted by molar-refractivity contribution is 5.93. The van der Waals surface area contributed by atoms with Crippen LogP contribution in [-0.2, 0) is 22.6 Å². The van der Waals surface area contributed by atoms with Crippen molar-refractivity contribution in [2.45, 2.75) is 26.9 Å². The van der Waals surface area contributed by atoms with E-state index in [-0.39, 0.29) is 29.4 Å². The first kappa shape index (κ1) is 19.2. The molecule has 0 atom stereocenters. The summed E-state index contributed by atoms with van der Waals surface area (Å²) in [4.78, 5) is 35.3. The van der Waals surface area contributed by atoms with Crippen molar-refractivity contribution in [3.63, 3.8) is 0 Å². The SMILES string of the molecule is CCc1cc2c(COC(=O)c3cccc(NC(C)=O)c3)cc(=O)oc2cc1O. The smallest absolute Gasteiger partial charge is 0.338 e. The quantitative estimate of drug-likeness (QED) is 0.518. The van der Waals surface area contributed by atoms with Crippen molar-refractivity contribution in [3.8, 4) is 5.75 Å². The molecule has 1 aromatic heterocycles. The Hall–Kier alpha value is -3.61. The number of carbonyl (C=O) groups is 2. The maximum atomic E-state index is 12.4. The highest BCUT2D eigenvalue weighted by atomic mass is 16.5. The number of nitrogens with one attached hydrogen (secondary N) is 1. The van der Waals surface area contributed by atoms with Crippen LogP contribution < -0.4 is 10.9 Å². The van der Waals surface area contributed by atoms with E-state index in [1.165, 1.54) is 25.1 Å². The van der Waals surface area contributed by atoms with Crippen LogP contribution in [-0.4, -0.2) is 17.0 Å². The van der Waals surface area contributed by atoms with Gasteiger partial charge in [0.1, 0.15) is 17.9 Å². The van der Waals surface area contributed by atoms with Crippen LogP contribution in [0.3, 0.4) is 0 Å². The van der Waals surface area contributed by atoms with Crippen molar-refractivity contribution in [1.29, 1.82) is 0 Å². The molecule has 28 heavy (non-hydrogen) atoms. The molecule has 1 amide bonds. The minimum Gasteiger partial charge on any atom is -0.508 e. The number of carbonyl (C=O) groups excluding carboxylic acids is 2. The second-order valence-corrected chi connectivity index (χ2v) is 6.26. The van der Waals surface area contributed by atoms with Gasteiger partial charge in [-0.15, -0.1) is 0 Å². The molecular formula is C21H19NO6. The third kappa shape index (κ3) is 4.20. The molecule has 7 heteroatoms. The van der Waals surface area contributed by atoms with Gasteiger partial charge in [0.15, 0.2) is 0 Å². The fourth-order valence-electron chi connectivity index (χ4n) is 2.86. The van der Waals surface area contributed by atoms with E-state index in [1.807, 2.05) is 6.92 Å². The molecule has 0 saturated heterocycles. The molecule has 144 valence electrons. The first-order chi connectivity index (χ1) is 13.4. The van der Waals surface area contributed by atoms with Gasteiger partial charge in [0.25, 0.3) is 0 Å². The van der Waals surface area contributed by atoms with Gasteiger partial charge in [-0.1, -0.05) is 13.0 Å². The van der Waals surface area contributed by atoms with Crippen LogP contribution >= 0.6 is 0 Å². The lowest BCUT2D eigenvalue weighted by Gasteiger charge is -2.10. The van der Waals surface area contributed by atoms with Crippen LogP contribution in [0.1, 0.15) is 35.3 Å². The zero-order chi connectivity index (χ0) is 20.3. The van der Waals surface area contributed by atoms with Crippen LogP contribution in [0.5, 0.6) is 5.75 Å². The Labute approximate surface area is 160 Å². The zero-order valence-electron chi connectivity index (χ0n) is 15.4. The van der Waals surface area contributed by atoms with E-state index < -0.39 is 11.6 Å². The number of benzene rings is 2. The lowest BCUT2D eigenvalue weighted by molar-refractivity contribution is -0.114. The van der Waals surface area contributed by atoms with Crippen LogP contribution in [0.25, 0.3) is 11.0 Å². The largest absolute Gasteiger partial charge is 0.508 e. The number of hydrogen-bond acceptors (Lipinski definition) is 6. The average molecular weight is 381 g/mol. The van der Waals surface area contributed by atoms with Gasteiger partial charge in [0.2, 0.25) is 5.91 Å². The number of ether oxygens (including phenoxy) is 1. The number of hydrogen-bond donors (Lipinski definition) is 2. The minimum absolute atomic E-state index is 0.0436. The lowest BCUT2D eigenvalue weighted by atomic mass is 10.0. The van der Waals surface area contributed by atoms with Crippen LogP contribution in [0, 0.1) is 0 Å². The molecule has 3 rings (SSSR count). The van der Waals surface area contributed by atoms with Gasteiger partial charge >= 0.3 is 11.6 Å². The predicted molar refractivity (Wildman–Crippen MR) is 103 cm³/mol. The number of amides is 1. The topological polar surface area (TPSA) is 106 Å². The van der Waals surface area contributed by atoms with Gasteiger partial charge in [-0.05, 0) is 36.2 Å². The number of fused-ring (bicyclic) bond motifs is 1. The molecule has 0 aliphatic rings. The predicted octanol–water partition coefficient (Wildman–Crippen LogP) is 3.38. The maximum Gasteiger partial charge on any atom is 0.338 e. The Morgan fingerprint density at radius 2 is 1.93 bits per heavy atom. The van der Waals surface area contributed by atoms with Crippen molar-refractivity contribution in [1.82, 2.24) is 0 Å². The number of phenols is 1. The number of rotatable bonds is 5. The van der Waals surface area contributed by atoms with Crippen molar-refractivity contribution >= 4 is 28.5 Å². The summed E-state index contributed by atoms with van der Waals surface area (Å²) in [5.41, 5.74) is 1.54. The molecule has 0 fully saturated rings. The van der Waals surface area contributed by atoms with Gasteiger partial charge in [-0.2, -0.15) is 0 Å². The van der Waals surface area contributed by atoms with Gasteiger partial charge < -0.3 is 19.6 Å². The molecule has 3 aromatic rings. The van der Waals surface area contributed by atoms with E-state index in [0.717, 1.165) is 0 Å². The third-order valence-electron chi connectivity index (χ3n) is 4.19. The van der Waals surface area contributed by atoms with E-state index in [2.05, 4.69) is 5.32 Å². The standard InChI is InChI=1S/C21H19NO6/c1-3-13-8-17-15(9-20(25)28-19(17)10-18(13)24)11-27-21(26)14-5-4-6-16(7-14)22-12(2)23/h4-10,24H,3,11H2,1-2H3,(H,22,23). The third-order valence-corrected chi connectivity index (χ3v) is 4.19. The second-order valence-electron chi connectivity index (χ2n) is 6.26. The number of phenolic OH excluding ortho intramolecular Hbond substituents is 1. The second kappa shape index (κ2) is 7.96. The first-order valence-corrected chi connectivity index (χ1v) is 8.70. The number of anilines is 1. The Morgan fingerprint density at radius 1 is 1.14 bits per heavy atom. The summed E-state index contributed by atoms with van der Waals surface area (Å²) in [6.45, 7) is 3.13. The van der Waals surface area contributed by atoms with Crippen molar-refractivity contribution in [2.75, 3.05) is 5.32 Å². The zero-order valence-corrected chi connectivity index (χ0v) is 15.4. The number of aromatic hydroxyl groups is 1. The van der Waals surface area contributed by atoms with Crippen molar-refractivity contribution < 1.29 is 23.8 Å². The lowest BCUT2D eigenvalue weighted by Crippen LogP contribution is -2.10. The Balaban J connectivity index is 1.86. The molecule has 0 radical (unpaired) electrons. The summed E-state index contributed by atoms with van der Waals surface area (Å²) in [7, 11) is 0. The summed E-state index contributed by atoms with van der Waals surface area (Å²) < 4.78 is 10.5. The van der Waals surface area contributed by atoms with Crippen LogP contribution in [0.2, 0.25) is 0 Å². The summed E-state index contributed by atoms with van der Waals surface area (Å²) >= 11 is 0. The molecule has 0 saturated carbocycles. The van der Waals surface area contributed by atoms with Crippen molar-refractivity contribution in [2.24, 2.45) is 0 Å². The Morgan fingerprint density at radius 3 is 2.64 bits per heavy atom. The molecule has 0 spiro atoms. The minimum atomic E-state index is -0.602. The molecule has 0 aliphatic heterocycles. The molecule has 0 aliphatic carbocycles.